The van der Waals surface area contributed by atoms with Gasteiger partial charge in [0.2, 0.25) is 5.91 Å². The van der Waals surface area contributed by atoms with Crippen LogP contribution in [-0.2, 0) is 16.1 Å². The van der Waals surface area contributed by atoms with Crippen LogP contribution < -0.4 is 15.0 Å². The van der Waals surface area contributed by atoms with E-state index in [0.29, 0.717) is 24.6 Å². The van der Waals surface area contributed by atoms with Gasteiger partial charge in [-0.15, -0.1) is 0 Å². The van der Waals surface area contributed by atoms with Crippen molar-refractivity contribution in [1.29, 1.82) is 0 Å². The fraction of sp³-hybridized carbons (Fsp3) is 0.263. The van der Waals surface area contributed by atoms with E-state index < -0.39 is 12.2 Å². The van der Waals surface area contributed by atoms with Crippen molar-refractivity contribution in [3.05, 3.63) is 59.9 Å². The topological polar surface area (TPSA) is 67.9 Å². The summed E-state index contributed by atoms with van der Waals surface area (Å²) in [6.07, 6.45) is -0.845. The maximum atomic E-state index is 12.9. The number of hydrogen-bond acceptors (Lipinski definition) is 4. The number of nitrogens with one attached hydrogen (secondary N) is 1. The maximum Gasteiger partial charge on any atom is 0.407 e. The normalized spacial score (nSPS) is 16.5. The average molecular weight is 358 g/mol. The first kappa shape index (κ1) is 17.7. The van der Waals surface area contributed by atoms with E-state index >= 15 is 0 Å². The molecule has 1 aliphatic heterocycles. The lowest BCUT2D eigenvalue weighted by Crippen LogP contribution is -2.29. The van der Waals surface area contributed by atoms with E-state index in [9.17, 15) is 14.0 Å². The Morgan fingerprint density at radius 2 is 1.88 bits per heavy atom. The predicted molar refractivity (Wildman–Crippen MR) is 93.5 cm³/mol. The quantitative estimate of drug-likeness (QED) is 0.892. The Labute approximate surface area is 150 Å². The van der Waals surface area contributed by atoms with Gasteiger partial charge in [0, 0.05) is 12.7 Å². The summed E-state index contributed by atoms with van der Waals surface area (Å²) >= 11 is 0. The third-order valence-corrected chi connectivity index (χ3v) is 4.03. The number of benzene rings is 2. The second-order valence-electron chi connectivity index (χ2n) is 5.89. The van der Waals surface area contributed by atoms with E-state index in [-0.39, 0.29) is 18.1 Å². The molecule has 1 heterocycles. The molecule has 0 aromatic heterocycles. The van der Waals surface area contributed by atoms with Gasteiger partial charge in [-0.05, 0) is 42.0 Å². The van der Waals surface area contributed by atoms with Gasteiger partial charge in [-0.1, -0.05) is 12.1 Å². The van der Waals surface area contributed by atoms with Crippen LogP contribution in [-0.4, -0.2) is 31.7 Å². The van der Waals surface area contributed by atoms with Crippen molar-refractivity contribution in [2.45, 2.75) is 19.1 Å². The molecule has 1 fully saturated rings. The van der Waals surface area contributed by atoms with Crippen molar-refractivity contribution < 1.29 is 23.5 Å². The number of anilines is 1. The highest BCUT2D eigenvalue weighted by molar-refractivity contribution is 5.96. The van der Waals surface area contributed by atoms with Crippen molar-refractivity contribution in [2.24, 2.45) is 0 Å². The van der Waals surface area contributed by atoms with Crippen LogP contribution >= 0.6 is 0 Å². The number of hydrogen-bond donors (Lipinski definition) is 1. The number of nitrogens with zero attached hydrogens (tertiary/aromatic N) is 1. The molecule has 0 aliphatic carbocycles. The molecule has 1 aliphatic rings. The van der Waals surface area contributed by atoms with Gasteiger partial charge < -0.3 is 19.7 Å². The number of ether oxygens (including phenoxy) is 2. The lowest BCUT2D eigenvalue weighted by Gasteiger charge is -2.17. The molecule has 6 nitrogen and oxygen atoms in total. The van der Waals surface area contributed by atoms with Crippen molar-refractivity contribution in [3.8, 4) is 5.75 Å². The fourth-order valence-corrected chi connectivity index (χ4v) is 2.68. The smallest absolute Gasteiger partial charge is 0.407 e. The predicted octanol–water partition coefficient (Wildman–Crippen LogP) is 2.87. The molecule has 26 heavy (non-hydrogen) atoms. The summed E-state index contributed by atoms with van der Waals surface area (Å²) in [4.78, 5) is 25.0. The maximum absolute atomic E-state index is 12.9. The van der Waals surface area contributed by atoms with Crippen LogP contribution in [0.1, 0.15) is 12.0 Å². The second-order valence-corrected chi connectivity index (χ2v) is 5.89. The third kappa shape index (κ3) is 4.30. The van der Waals surface area contributed by atoms with Crippen LogP contribution in [0.4, 0.5) is 14.9 Å². The molecule has 0 saturated carbocycles. The zero-order valence-corrected chi connectivity index (χ0v) is 14.3. The number of alkyl carbamates (subject to hydrolysis) is 1. The molecule has 3 rings (SSSR count). The molecule has 2 aromatic carbocycles. The van der Waals surface area contributed by atoms with Crippen molar-refractivity contribution in [3.63, 3.8) is 0 Å². The molecule has 0 unspecified atom stereocenters. The summed E-state index contributed by atoms with van der Waals surface area (Å²) in [7, 11) is 1.47. The van der Waals surface area contributed by atoms with Crippen LogP contribution in [0.15, 0.2) is 48.5 Å². The first-order valence-corrected chi connectivity index (χ1v) is 8.21. The van der Waals surface area contributed by atoms with Gasteiger partial charge in [0.25, 0.3) is 0 Å². The van der Waals surface area contributed by atoms with Crippen molar-refractivity contribution in [2.75, 3.05) is 18.5 Å². The Morgan fingerprint density at radius 3 is 2.54 bits per heavy atom. The molecular formula is C19H19FN2O4. The zero-order valence-electron chi connectivity index (χ0n) is 14.3. The van der Waals surface area contributed by atoms with Gasteiger partial charge in [-0.2, -0.15) is 0 Å². The van der Waals surface area contributed by atoms with Gasteiger partial charge in [0.15, 0.2) is 0 Å². The highest BCUT2D eigenvalue weighted by Crippen LogP contribution is 2.25. The van der Waals surface area contributed by atoms with Crippen LogP contribution in [0, 0.1) is 5.82 Å². The first-order chi connectivity index (χ1) is 12.5. The lowest BCUT2D eigenvalue weighted by molar-refractivity contribution is -0.117. The number of carbonyl (C=O) groups is 2. The summed E-state index contributed by atoms with van der Waals surface area (Å²) < 4.78 is 23.7. The van der Waals surface area contributed by atoms with Crippen LogP contribution in [0.2, 0.25) is 0 Å². The zero-order chi connectivity index (χ0) is 18.5. The third-order valence-electron chi connectivity index (χ3n) is 4.03. The Bertz CT molecular complexity index is 777. The molecule has 0 bridgehead atoms. The summed E-state index contributed by atoms with van der Waals surface area (Å²) in [6.45, 7) is 0.645. The van der Waals surface area contributed by atoms with Crippen molar-refractivity contribution >= 4 is 17.7 Å². The van der Waals surface area contributed by atoms with E-state index in [2.05, 4.69) is 5.32 Å². The van der Waals surface area contributed by atoms with Crippen molar-refractivity contribution in [1.82, 2.24) is 5.32 Å². The molecule has 2 amide bonds. The molecule has 0 spiro atoms. The van der Waals surface area contributed by atoms with Crippen LogP contribution in [0.25, 0.3) is 0 Å². The van der Waals surface area contributed by atoms with Gasteiger partial charge in [-0.25, -0.2) is 9.18 Å². The minimum Gasteiger partial charge on any atom is -0.489 e. The van der Waals surface area contributed by atoms with Crippen LogP contribution in [0.3, 0.4) is 0 Å². The Hall–Kier alpha value is -3.09. The summed E-state index contributed by atoms with van der Waals surface area (Å²) in [6, 6.07) is 13.2. The average Bonchev–Trinajstić information content (AvgIpc) is 3.01. The largest absolute Gasteiger partial charge is 0.489 e. The number of rotatable bonds is 5. The highest BCUT2D eigenvalue weighted by Gasteiger charge is 2.33. The second kappa shape index (κ2) is 7.86. The monoisotopic (exact) mass is 358 g/mol. The fourth-order valence-electron chi connectivity index (χ4n) is 2.68. The van der Waals surface area contributed by atoms with Crippen LogP contribution in [0.5, 0.6) is 5.75 Å². The summed E-state index contributed by atoms with van der Waals surface area (Å²) in [5.41, 5.74) is 1.58. The highest BCUT2D eigenvalue weighted by atomic mass is 19.1. The van der Waals surface area contributed by atoms with E-state index in [0.717, 1.165) is 5.56 Å². The Kier molecular flexibility index (Phi) is 5.36. The Morgan fingerprint density at radius 1 is 1.19 bits per heavy atom. The molecule has 7 heteroatoms. The number of amides is 2. The molecule has 1 atom stereocenters. The first-order valence-electron chi connectivity index (χ1n) is 8.21. The number of carbonyl (C=O) groups excluding carboxylic acids is 2. The molecule has 2 aromatic rings. The minimum absolute atomic E-state index is 0.0983. The molecule has 0 radical (unpaired) electrons. The van der Waals surface area contributed by atoms with Gasteiger partial charge in [-0.3, -0.25) is 4.79 Å². The van der Waals surface area contributed by atoms with E-state index in [1.54, 1.807) is 41.3 Å². The molecule has 1 saturated heterocycles. The summed E-state index contributed by atoms with van der Waals surface area (Å²) in [5.74, 6) is 0.258. The molecular weight excluding hydrogens is 339 g/mol. The van der Waals surface area contributed by atoms with E-state index in [4.69, 9.17) is 9.47 Å². The van der Waals surface area contributed by atoms with Gasteiger partial charge in [0.1, 0.15) is 24.3 Å². The standard InChI is InChI=1S/C19H19FN2O4/c1-21-19(24)26-17-10-18(23)22(11-17)15-6-8-16(9-7-15)25-12-13-2-4-14(20)5-3-13/h2-9,17H,10-12H2,1H3,(H,21,24)/t17-/m1/s1. The molecule has 1 N–H and O–H groups in total. The summed E-state index contributed by atoms with van der Waals surface area (Å²) in [5, 5.41) is 2.37. The lowest BCUT2D eigenvalue weighted by atomic mass is 10.2. The molecule has 136 valence electrons. The number of halogens is 1. The van der Waals surface area contributed by atoms with E-state index in [1.807, 2.05) is 0 Å². The Balaban J connectivity index is 1.58. The van der Waals surface area contributed by atoms with Gasteiger partial charge >= 0.3 is 6.09 Å². The SMILES string of the molecule is CNC(=O)O[C@@H]1CC(=O)N(c2ccc(OCc3ccc(F)cc3)cc2)C1. The van der Waals surface area contributed by atoms with Gasteiger partial charge in [0.05, 0.1) is 13.0 Å². The van der Waals surface area contributed by atoms with E-state index in [1.165, 1.54) is 19.2 Å². The minimum atomic E-state index is -0.547.